The first-order chi connectivity index (χ1) is 3.77. The molecule has 3 heteroatoms. The topological polar surface area (TPSA) is 29.1 Å². The molecule has 0 aromatic heterocycles. The molecule has 0 saturated heterocycles. The molecule has 0 heterocycles. The molecule has 0 atom stereocenters. The zero-order chi connectivity index (χ0) is 6.41. The Morgan fingerprint density at radius 2 is 2.22 bits per heavy atom. The van der Waals surface area contributed by atoms with Gasteiger partial charge in [-0.15, -0.1) is 24.0 Å². The largest absolute Gasteiger partial charge is 0.317 e. The lowest BCUT2D eigenvalue weighted by atomic mass is 10.3. The highest BCUT2D eigenvalue weighted by Gasteiger charge is 1.88. The van der Waals surface area contributed by atoms with Crippen molar-refractivity contribution in [1.82, 2.24) is 5.32 Å². The molecule has 0 amide bonds. The SMILES string of the molecule is CCNCCC(C)=O.I.[HH]. The summed E-state index contributed by atoms with van der Waals surface area (Å²) in [5, 5.41) is 3.06. The van der Waals surface area contributed by atoms with Gasteiger partial charge in [0, 0.05) is 14.4 Å². The predicted octanol–water partition coefficient (Wildman–Crippen LogP) is 1.44. The predicted molar refractivity (Wildman–Crippen MR) is 51.4 cm³/mol. The lowest BCUT2D eigenvalue weighted by Gasteiger charge is -1.94. The van der Waals surface area contributed by atoms with E-state index in [4.69, 9.17) is 0 Å². The molecule has 0 unspecified atom stereocenters. The van der Waals surface area contributed by atoms with Crippen LogP contribution in [0.5, 0.6) is 0 Å². The first-order valence-electron chi connectivity index (χ1n) is 2.97. The molecule has 0 aromatic rings. The Labute approximate surface area is 74.9 Å². The van der Waals surface area contributed by atoms with Crippen LogP contribution in [0.15, 0.2) is 0 Å². The lowest BCUT2D eigenvalue weighted by Crippen LogP contribution is -2.16. The molecule has 1 N–H and O–H groups in total. The summed E-state index contributed by atoms with van der Waals surface area (Å²) in [6, 6.07) is 0. The minimum Gasteiger partial charge on any atom is -0.317 e. The van der Waals surface area contributed by atoms with Crippen LogP contribution in [0.25, 0.3) is 0 Å². The fourth-order valence-electron chi connectivity index (χ4n) is 0.441. The molecule has 0 aliphatic heterocycles. The van der Waals surface area contributed by atoms with Gasteiger partial charge in [0.2, 0.25) is 0 Å². The summed E-state index contributed by atoms with van der Waals surface area (Å²) in [6.45, 7) is 5.41. The second kappa shape index (κ2) is 8.36. The molecule has 58 valence electrons. The zero-order valence-electron chi connectivity index (χ0n) is 5.94. The lowest BCUT2D eigenvalue weighted by molar-refractivity contribution is -0.116. The number of ketones is 1. The number of rotatable bonds is 4. The van der Waals surface area contributed by atoms with Crippen LogP contribution in [0.4, 0.5) is 0 Å². The van der Waals surface area contributed by atoms with E-state index in [1.807, 2.05) is 6.92 Å². The van der Waals surface area contributed by atoms with Crippen LogP contribution in [0.3, 0.4) is 0 Å². The standard InChI is InChI=1S/C6H13NO.HI.H2/c1-3-7-5-4-6(2)8;;/h7H,3-5H2,1-2H3;2*1H. The average molecular weight is 245 g/mol. The molecule has 0 fully saturated rings. The molecule has 0 spiro atoms. The van der Waals surface area contributed by atoms with Gasteiger partial charge < -0.3 is 5.32 Å². The summed E-state index contributed by atoms with van der Waals surface area (Å²) in [7, 11) is 0. The highest BCUT2D eigenvalue weighted by Crippen LogP contribution is 1.75. The molecular weight excluding hydrogens is 229 g/mol. The van der Waals surface area contributed by atoms with Crippen LogP contribution in [0, 0.1) is 0 Å². The molecule has 0 radical (unpaired) electrons. The summed E-state index contributed by atoms with van der Waals surface area (Å²) in [5.41, 5.74) is 0. The van der Waals surface area contributed by atoms with E-state index in [0.717, 1.165) is 13.1 Å². The summed E-state index contributed by atoms with van der Waals surface area (Å²) >= 11 is 0. The maximum absolute atomic E-state index is 10.3. The van der Waals surface area contributed by atoms with E-state index < -0.39 is 0 Å². The maximum Gasteiger partial charge on any atom is 0.131 e. The first-order valence-corrected chi connectivity index (χ1v) is 2.97. The third kappa shape index (κ3) is 11.8. The Morgan fingerprint density at radius 3 is 2.56 bits per heavy atom. The minimum atomic E-state index is 0. The normalized spacial score (nSPS) is 8.22. The summed E-state index contributed by atoms with van der Waals surface area (Å²) < 4.78 is 0. The van der Waals surface area contributed by atoms with Crippen LogP contribution in [-0.2, 0) is 4.79 Å². The van der Waals surface area contributed by atoms with Gasteiger partial charge in [0.15, 0.2) is 0 Å². The Morgan fingerprint density at radius 1 is 1.67 bits per heavy atom. The molecule has 0 aliphatic carbocycles. The van der Waals surface area contributed by atoms with Crippen molar-refractivity contribution in [2.45, 2.75) is 20.3 Å². The average Bonchev–Trinajstić information content (AvgIpc) is 1.66. The van der Waals surface area contributed by atoms with Crippen molar-refractivity contribution in [2.75, 3.05) is 13.1 Å². The second-order valence-electron chi connectivity index (χ2n) is 1.81. The molecule has 0 saturated carbocycles. The fourth-order valence-corrected chi connectivity index (χ4v) is 0.441. The molecule has 0 rings (SSSR count). The monoisotopic (exact) mass is 245 g/mol. The first kappa shape index (κ1) is 12.1. The van der Waals surface area contributed by atoms with Gasteiger partial charge >= 0.3 is 0 Å². The Balaban J connectivity index is -0.000000245. The number of carbonyl (C=O) groups is 1. The molecule has 9 heavy (non-hydrogen) atoms. The van der Waals surface area contributed by atoms with Crippen molar-refractivity contribution in [2.24, 2.45) is 0 Å². The van der Waals surface area contributed by atoms with Gasteiger partial charge in [-0.2, -0.15) is 0 Å². The molecule has 0 bridgehead atoms. The van der Waals surface area contributed by atoms with Crippen LogP contribution in [0.1, 0.15) is 21.7 Å². The van der Waals surface area contributed by atoms with E-state index in [9.17, 15) is 4.79 Å². The van der Waals surface area contributed by atoms with Gasteiger partial charge in [-0.3, -0.25) is 4.79 Å². The summed E-state index contributed by atoms with van der Waals surface area (Å²) in [6.07, 6.45) is 0.661. The van der Waals surface area contributed by atoms with Crippen LogP contribution in [-0.4, -0.2) is 18.9 Å². The third-order valence-electron chi connectivity index (χ3n) is 0.904. The third-order valence-corrected chi connectivity index (χ3v) is 0.904. The number of hydrogen-bond acceptors (Lipinski definition) is 2. The van der Waals surface area contributed by atoms with E-state index in [2.05, 4.69) is 5.32 Å². The highest BCUT2D eigenvalue weighted by atomic mass is 127. The van der Waals surface area contributed by atoms with E-state index in [-0.39, 0.29) is 31.2 Å². The van der Waals surface area contributed by atoms with Crippen molar-refractivity contribution in [1.29, 1.82) is 0 Å². The van der Waals surface area contributed by atoms with Gasteiger partial charge in [0.1, 0.15) is 5.78 Å². The van der Waals surface area contributed by atoms with Crippen LogP contribution < -0.4 is 5.32 Å². The number of carbonyl (C=O) groups excluding carboxylic acids is 1. The van der Waals surface area contributed by atoms with Gasteiger partial charge in [0.25, 0.3) is 0 Å². The van der Waals surface area contributed by atoms with Crippen molar-refractivity contribution in [3.8, 4) is 0 Å². The van der Waals surface area contributed by atoms with Crippen LogP contribution in [0.2, 0.25) is 0 Å². The smallest absolute Gasteiger partial charge is 0.131 e. The second-order valence-corrected chi connectivity index (χ2v) is 1.81. The van der Waals surface area contributed by atoms with Crippen molar-refractivity contribution in [3.05, 3.63) is 0 Å². The number of halogens is 1. The maximum atomic E-state index is 10.3. The quantitative estimate of drug-likeness (QED) is 0.599. The molecule has 0 aliphatic rings. The number of nitrogens with one attached hydrogen (secondary N) is 1. The molecular formula is C6H16INO. The van der Waals surface area contributed by atoms with E-state index in [1.54, 1.807) is 6.92 Å². The number of Topliss-reactive ketones (excluding diaryl/α,β-unsaturated/α-hetero) is 1. The van der Waals surface area contributed by atoms with Gasteiger partial charge in [-0.1, -0.05) is 6.92 Å². The summed E-state index contributed by atoms with van der Waals surface area (Å²) in [4.78, 5) is 10.3. The zero-order valence-corrected chi connectivity index (χ0v) is 8.27. The molecule has 2 nitrogen and oxygen atoms in total. The van der Waals surface area contributed by atoms with Gasteiger partial charge in [-0.05, 0) is 13.5 Å². The van der Waals surface area contributed by atoms with Crippen LogP contribution >= 0.6 is 24.0 Å². The van der Waals surface area contributed by atoms with Crippen molar-refractivity contribution >= 4 is 29.8 Å². The van der Waals surface area contributed by atoms with E-state index in [0.29, 0.717) is 6.42 Å². The Kier molecular flexibility index (Phi) is 11.2. The highest BCUT2D eigenvalue weighted by molar-refractivity contribution is 14.0. The Bertz CT molecular complexity index is 80.1. The van der Waals surface area contributed by atoms with Gasteiger partial charge in [0.05, 0.1) is 0 Å². The van der Waals surface area contributed by atoms with Crippen molar-refractivity contribution in [3.63, 3.8) is 0 Å². The number of hydrogen-bond donors (Lipinski definition) is 1. The summed E-state index contributed by atoms with van der Waals surface area (Å²) in [5.74, 6) is 0.256. The van der Waals surface area contributed by atoms with E-state index in [1.165, 1.54) is 0 Å². The van der Waals surface area contributed by atoms with Gasteiger partial charge in [-0.25, -0.2) is 0 Å². The minimum absolute atomic E-state index is 0. The molecule has 0 aromatic carbocycles. The Hall–Kier alpha value is 0.360. The van der Waals surface area contributed by atoms with Crippen molar-refractivity contribution < 1.29 is 6.22 Å². The fraction of sp³-hybridized carbons (Fsp3) is 0.833. The van der Waals surface area contributed by atoms with E-state index >= 15 is 0 Å².